The van der Waals surface area contributed by atoms with E-state index in [-0.39, 0.29) is 24.3 Å². The number of nitrogens with two attached hydrogens (primary N) is 2. The second-order valence-corrected chi connectivity index (χ2v) is 10.2. The van der Waals surface area contributed by atoms with Crippen molar-refractivity contribution in [1.29, 1.82) is 0 Å². The molecule has 0 aliphatic heterocycles. The van der Waals surface area contributed by atoms with Gasteiger partial charge in [0, 0.05) is 12.5 Å². The van der Waals surface area contributed by atoms with Gasteiger partial charge in [-0.25, -0.2) is 15.2 Å². The van der Waals surface area contributed by atoms with Crippen LogP contribution in [0.1, 0.15) is 64.9 Å². The normalized spacial score (nSPS) is 18.1. The number of aldehydes is 1. The number of carbonyl (C=O) groups excluding carboxylic acids is 4. The molecule has 1 aromatic rings. The van der Waals surface area contributed by atoms with E-state index in [4.69, 9.17) is 16.2 Å². The minimum absolute atomic E-state index is 0.0321. The van der Waals surface area contributed by atoms with Crippen LogP contribution >= 0.6 is 0 Å². The predicted octanol–water partition coefficient (Wildman–Crippen LogP) is 2.00. The molecule has 37 heavy (non-hydrogen) atoms. The molecule has 11 nitrogen and oxygen atoms in total. The zero-order valence-electron chi connectivity index (χ0n) is 21.9. The summed E-state index contributed by atoms with van der Waals surface area (Å²) in [6.45, 7) is 5.66. The van der Waals surface area contributed by atoms with Crippen molar-refractivity contribution < 1.29 is 23.9 Å². The van der Waals surface area contributed by atoms with E-state index in [0.717, 1.165) is 18.4 Å². The molecule has 0 bridgehead atoms. The van der Waals surface area contributed by atoms with Gasteiger partial charge < -0.3 is 26.3 Å². The zero-order valence-corrected chi connectivity index (χ0v) is 21.9. The van der Waals surface area contributed by atoms with Gasteiger partial charge in [-0.1, -0.05) is 43.2 Å². The van der Waals surface area contributed by atoms with Gasteiger partial charge in [-0.3, -0.25) is 14.6 Å². The van der Waals surface area contributed by atoms with E-state index in [1.54, 1.807) is 20.8 Å². The number of guanidine groups is 1. The molecular weight excluding hydrogens is 476 g/mol. The minimum Gasteiger partial charge on any atom is -0.443 e. The largest absolute Gasteiger partial charge is 0.443 e. The average molecular weight is 517 g/mol. The van der Waals surface area contributed by atoms with E-state index in [0.29, 0.717) is 38.5 Å². The third kappa shape index (κ3) is 10.5. The van der Waals surface area contributed by atoms with Crippen molar-refractivity contribution in [3.05, 3.63) is 35.9 Å². The third-order valence-corrected chi connectivity index (χ3v) is 5.95. The van der Waals surface area contributed by atoms with Crippen LogP contribution < -0.4 is 22.2 Å². The van der Waals surface area contributed by atoms with Crippen LogP contribution in [0.25, 0.3) is 0 Å². The fraction of sp³-hybridized carbons (Fsp3) is 0.577. The van der Waals surface area contributed by atoms with E-state index >= 15 is 0 Å². The average Bonchev–Trinajstić information content (AvgIpc) is 2.84. The molecule has 3 amide bonds. The molecular formula is C26H40N6O5. The molecule has 204 valence electrons. The van der Waals surface area contributed by atoms with Crippen molar-refractivity contribution in [2.75, 3.05) is 6.54 Å². The van der Waals surface area contributed by atoms with Gasteiger partial charge in [-0.2, -0.15) is 0 Å². The van der Waals surface area contributed by atoms with Gasteiger partial charge in [0.25, 0.3) is 0 Å². The number of hydrazine groups is 1. The van der Waals surface area contributed by atoms with E-state index in [1.807, 2.05) is 30.3 Å². The number of amides is 3. The Hall–Kier alpha value is -3.63. The summed E-state index contributed by atoms with van der Waals surface area (Å²) < 4.78 is 5.36. The molecule has 11 heteroatoms. The molecule has 1 aliphatic rings. The molecule has 1 aliphatic carbocycles. The minimum atomic E-state index is -0.754. The number of aliphatic imine (C=N–C) groups is 1. The van der Waals surface area contributed by atoms with E-state index < -0.39 is 29.6 Å². The lowest BCUT2D eigenvalue weighted by Gasteiger charge is -2.34. The SMILES string of the molecule is CC(C)(C)OC(=O)NN(Cc1ccccc1)C(=O)[C@@H]1CCCC[C@H]1C(=O)N[C@H](C=O)CCCN=C(N)N. The highest BCUT2D eigenvalue weighted by Crippen LogP contribution is 2.32. The molecule has 3 atom stereocenters. The first-order valence-electron chi connectivity index (χ1n) is 12.7. The van der Waals surface area contributed by atoms with Crippen LogP contribution in [0, 0.1) is 11.8 Å². The van der Waals surface area contributed by atoms with Gasteiger partial charge in [0.05, 0.1) is 18.5 Å². The maximum Gasteiger partial charge on any atom is 0.426 e. The number of nitrogens with one attached hydrogen (secondary N) is 2. The van der Waals surface area contributed by atoms with Gasteiger partial charge in [0.1, 0.15) is 11.9 Å². The van der Waals surface area contributed by atoms with Crippen LogP contribution in [0.2, 0.25) is 0 Å². The Labute approximate surface area is 218 Å². The Balaban J connectivity index is 2.15. The molecule has 2 rings (SSSR count). The Morgan fingerprint density at radius 2 is 1.78 bits per heavy atom. The van der Waals surface area contributed by atoms with Crippen molar-refractivity contribution in [3.8, 4) is 0 Å². The Morgan fingerprint density at radius 1 is 1.14 bits per heavy atom. The standard InChI is InChI=1S/C26H40N6O5/c1-26(2,3)37-25(36)31-32(16-18-10-5-4-6-11-18)23(35)21-14-8-7-13-20(21)22(34)30-19(17-33)12-9-15-29-24(27)28/h4-6,10-11,17,19-21H,7-9,12-16H2,1-3H3,(H,30,34)(H,31,36)(H4,27,28,29)/t19-,20+,21+/m0/s1. The fourth-order valence-corrected chi connectivity index (χ4v) is 4.27. The summed E-state index contributed by atoms with van der Waals surface area (Å²) in [5.41, 5.74) is 13.3. The summed E-state index contributed by atoms with van der Waals surface area (Å²) in [5.74, 6) is -2.03. The van der Waals surface area contributed by atoms with Crippen LogP contribution in [-0.4, -0.2) is 53.3 Å². The predicted molar refractivity (Wildman–Crippen MR) is 140 cm³/mol. The van der Waals surface area contributed by atoms with E-state index in [9.17, 15) is 19.2 Å². The zero-order chi connectivity index (χ0) is 27.4. The number of benzene rings is 1. The van der Waals surface area contributed by atoms with Crippen LogP contribution in [0.15, 0.2) is 35.3 Å². The number of nitrogens with zero attached hydrogens (tertiary/aromatic N) is 2. The van der Waals surface area contributed by atoms with E-state index in [2.05, 4.69) is 15.7 Å². The maximum absolute atomic E-state index is 13.7. The topological polar surface area (TPSA) is 169 Å². The lowest BCUT2D eigenvalue weighted by atomic mass is 9.77. The van der Waals surface area contributed by atoms with Crippen LogP contribution in [0.3, 0.4) is 0 Å². The lowest BCUT2D eigenvalue weighted by Crippen LogP contribution is -2.53. The van der Waals surface area contributed by atoms with Gasteiger partial charge in [0.2, 0.25) is 11.8 Å². The van der Waals surface area contributed by atoms with Crippen molar-refractivity contribution in [2.45, 2.75) is 77.5 Å². The van der Waals surface area contributed by atoms with Crippen molar-refractivity contribution in [1.82, 2.24) is 15.8 Å². The van der Waals surface area contributed by atoms with Crippen LogP contribution in [0.4, 0.5) is 4.79 Å². The monoisotopic (exact) mass is 516 g/mol. The molecule has 0 aromatic heterocycles. The number of hydrogen-bond acceptors (Lipinski definition) is 6. The highest BCUT2D eigenvalue weighted by Gasteiger charge is 2.39. The second kappa shape index (κ2) is 14.2. The first-order valence-corrected chi connectivity index (χ1v) is 12.7. The molecule has 1 saturated carbocycles. The molecule has 1 fully saturated rings. The third-order valence-electron chi connectivity index (χ3n) is 5.95. The molecule has 0 radical (unpaired) electrons. The van der Waals surface area contributed by atoms with Crippen LogP contribution in [0.5, 0.6) is 0 Å². The van der Waals surface area contributed by atoms with Crippen molar-refractivity contribution in [3.63, 3.8) is 0 Å². The maximum atomic E-state index is 13.7. The molecule has 0 saturated heterocycles. The second-order valence-electron chi connectivity index (χ2n) is 10.2. The number of carbonyl (C=O) groups is 4. The van der Waals surface area contributed by atoms with Crippen LogP contribution in [-0.2, 0) is 25.7 Å². The smallest absolute Gasteiger partial charge is 0.426 e. The van der Waals surface area contributed by atoms with Gasteiger partial charge in [0.15, 0.2) is 5.96 Å². The molecule has 0 unspecified atom stereocenters. The number of hydrogen-bond donors (Lipinski definition) is 4. The first-order chi connectivity index (χ1) is 17.5. The van der Waals surface area contributed by atoms with Crippen molar-refractivity contribution in [2.24, 2.45) is 28.3 Å². The quantitative estimate of drug-likeness (QED) is 0.121. The summed E-state index contributed by atoms with van der Waals surface area (Å²) in [5, 5.41) is 4.00. The summed E-state index contributed by atoms with van der Waals surface area (Å²) in [6, 6.07) is 8.53. The van der Waals surface area contributed by atoms with Crippen molar-refractivity contribution >= 4 is 30.2 Å². The Kier molecular flexibility index (Phi) is 11.4. The van der Waals surface area contributed by atoms with Gasteiger partial charge in [-0.05, 0) is 52.0 Å². The summed E-state index contributed by atoms with van der Waals surface area (Å²) >= 11 is 0. The molecule has 1 aromatic carbocycles. The number of rotatable bonds is 10. The lowest BCUT2D eigenvalue weighted by molar-refractivity contribution is -0.147. The van der Waals surface area contributed by atoms with Gasteiger partial charge >= 0.3 is 6.09 Å². The highest BCUT2D eigenvalue weighted by molar-refractivity contribution is 5.89. The number of ether oxygens (including phenoxy) is 1. The Morgan fingerprint density at radius 3 is 2.38 bits per heavy atom. The molecule has 6 N–H and O–H groups in total. The fourth-order valence-electron chi connectivity index (χ4n) is 4.27. The summed E-state index contributed by atoms with van der Waals surface area (Å²) in [6.07, 6.45) is 3.38. The first kappa shape index (κ1) is 29.6. The molecule has 0 spiro atoms. The Bertz CT molecular complexity index is 943. The summed E-state index contributed by atoms with van der Waals surface area (Å²) in [4.78, 5) is 54.9. The molecule has 0 heterocycles. The highest BCUT2D eigenvalue weighted by atomic mass is 16.6. The van der Waals surface area contributed by atoms with Gasteiger partial charge in [-0.15, -0.1) is 0 Å². The summed E-state index contributed by atoms with van der Waals surface area (Å²) in [7, 11) is 0. The van der Waals surface area contributed by atoms with E-state index in [1.165, 1.54) is 5.01 Å².